The molecule has 0 N–H and O–H groups in total. The minimum atomic E-state index is -3.38. The summed E-state index contributed by atoms with van der Waals surface area (Å²) in [7, 11) is -3.38. The van der Waals surface area contributed by atoms with E-state index in [1.807, 2.05) is 0 Å². The fourth-order valence-electron chi connectivity index (χ4n) is 0.607. The van der Waals surface area contributed by atoms with E-state index in [-0.39, 0.29) is 34.5 Å². The van der Waals surface area contributed by atoms with Crippen LogP contribution >= 0.6 is 23.3 Å². The third kappa shape index (κ3) is 3.68. The van der Waals surface area contributed by atoms with Gasteiger partial charge in [0, 0.05) is 5.02 Å². The first-order chi connectivity index (χ1) is 5.00. The number of thiol groups is 1. The maximum atomic E-state index is 10.8. The van der Waals surface area contributed by atoms with Gasteiger partial charge in [0.25, 0.3) is 0 Å². The van der Waals surface area contributed by atoms with Gasteiger partial charge in [-0.3, -0.25) is 0 Å². The molecule has 12 heavy (non-hydrogen) atoms. The van der Waals surface area contributed by atoms with Crippen LogP contribution in [0.4, 0.5) is 0 Å². The monoisotopic (exact) mass is 232 g/mol. The molecular weight excluding hydrogens is 227 g/mol. The molecule has 2 nitrogen and oxygen atoms in total. The Kier molecular flexibility index (Phi) is 5.21. The number of hydrogen-bond donors (Lipinski definition) is 1. The Bertz CT molecular complexity index is 346. The van der Waals surface area contributed by atoms with E-state index < -0.39 is 8.87 Å². The fourth-order valence-corrected chi connectivity index (χ4v) is 1.58. The van der Waals surface area contributed by atoms with Crippen LogP contribution in [0.2, 0.25) is 5.02 Å². The first kappa shape index (κ1) is 12.8. The van der Waals surface area contributed by atoms with Gasteiger partial charge < -0.3 is 0 Å². The van der Waals surface area contributed by atoms with Crippen molar-refractivity contribution in [3.63, 3.8) is 0 Å². The number of rotatable bonds is 1. The van der Waals surface area contributed by atoms with Crippen LogP contribution in [0.3, 0.4) is 0 Å². The third-order valence-electron chi connectivity index (χ3n) is 1.11. The van der Waals surface area contributed by atoms with E-state index in [0.717, 1.165) is 0 Å². The zero-order valence-corrected chi connectivity index (χ0v) is 7.83. The van der Waals surface area contributed by atoms with Crippen LogP contribution in [0.25, 0.3) is 0 Å². The van der Waals surface area contributed by atoms with Crippen LogP contribution in [0.1, 0.15) is 0 Å². The first-order valence-electron chi connectivity index (χ1n) is 2.73. The summed E-state index contributed by atoms with van der Waals surface area (Å²) < 4.78 is 21.5. The molecule has 0 aliphatic rings. The summed E-state index contributed by atoms with van der Waals surface area (Å²) in [6, 6.07) is 5.82. The second-order valence-corrected chi connectivity index (χ2v) is 5.23. The number of hydrogen-bond acceptors (Lipinski definition) is 2. The molecule has 0 amide bonds. The van der Waals surface area contributed by atoms with Gasteiger partial charge in [0.1, 0.15) is 0 Å². The summed E-state index contributed by atoms with van der Waals surface area (Å²) in [5.74, 6) is 0. The van der Waals surface area contributed by atoms with Gasteiger partial charge >= 0.3 is 29.6 Å². The normalized spacial score (nSPS) is 10.5. The van der Waals surface area contributed by atoms with Crippen molar-refractivity contribution in [2.45, 2.75) is 4.90 Å². The van der Waals surface area contributed by atoms with Crippen LogP contribution in [0.5, 0.6) is 0 Å². The quantitative estimate of drug-likeness (QED) is 0.450. The summed E-state index contributed by atoms with van der Waals surface area (Å²) in [6.45, 7) is 0. The molecule has 0 atom stereocenters. The second kappa shape index (κ2) is 4.88. The summed E-state index contributed by atoms with van der Waals surface area (Å²) in [5.41, 5.74) is 0. The second-order valence-electron chi connectivity index (χ2n) is 1.93. The molecule has 0 radical (unpaired) electrons. The Morgan fingerprint density at radius 3 is 1.92 bits per heavy atom. The fraction of sp³-hybridized carbons (Fsp3) is 0. The topological polar surface area (TPSA) is 34.1 Å². The van der Waals surface area contributed by atoms with E-state index in [4.69, 9.17) is 11.6 Å². The molecule has 0 saturated carbocycles. The van der Waals surface area contributed by atoms with Gasteiger partial charge in [-0.15, -0.1) is 0 Å². The maximum absolute atomic E-state index is 10.8. The molecule has 0 heterocycles. The Morgan fingerprint density at radius 2 is 1.58 bits per heavy atom. The van der Waals surface area contributed by atoms with Crippen molar-refractivity contribution in [3.8, 4) is 0 Å². The van der Waals surface area contributed by atoms with Crippen molar-refractivity contribution in [1.29, 1.82) is 0 Å². The summed E-state index contributed by atoms with van der Waals surface area (Å²) in [6.07, 6.45) is 0. The first-order valence-corrected chi connectivity index (χ1v) is 5.64. The molecule has 0 fully saturated rings. The molecule has 0 bridgehead atoms. The van der Waals surface area contributed by atoms with E-state index >= 15 is 0 Å². The predicted molar refractivity (Wildman–Crippen MR) is 54.8 cm³/mol. The average molecular weight is 233 g/mol. The van der Waals surface area contributed by atoms with Crippen molar-refractivity contribution in [2.75, 3.05) is 0 Å². The van der Waals surface area contributed by atoms with Crippen molar-refractivity contribution in [2.24, 2.45) is 0 Å². The van der Waals surface area contributed by atoms with Gasteiger partial charge in [-0.1, -0.05) is 11.6 Å². The molecule has 1 aromatic rings. The predicted octanol–water partition coefficient (Wildman–Crippen LogP) is 1.31. The molecule has 0 aliphatic carbocycles. The zero-order valence-electron chi connectivity index (χ0n) is 5.36. The van der Waals surface area contributed by atoms with Crippen LogP contribution < -0.4 is 0 Å². The standard InChI is InChI=1S/C6H5ClO2S2.Na.H/c7-5-1-3-6(4-2-5)11(8,9)10;;/h1-4H,(H,8,9,10);;. The molecule has 62 valence electrons. The Labute approximate surface area is 103 Å². The Hall–Kier alpha value is 0.810. The number of benzene rings is 1. The number of halogens is 1. The van der Waals surface area contributed by atoms with Crippen molar-refractivity contribution in [3.05, 3.63) is 29.3 Å². The van der Waals surface area contributed by atoms with Crippen molar-refractivity contribution < 1.29 is 8.42 Å². The van der Waals surface area contributed by atoms with E-state index in [2.05, 4.69) is 11.7 Å². The van der Waals surface area contributed by atoms with Gasteiger partial charge in [-0.05, 0) is 35.9 Å². The van der Waals surface area contributed by atoms with E-state index in [0.29, 0.717) is 5.02 Å². The molecule has 1 rings (SSSR count). The van der Waals surface area contributed by atoms with E-state index in [1.54, 1.807) is 0 Å². The van der Waals surface area contributed by atoms with E-state index in [9.17, 15) is 8.42 Å². The summed E-state index contributed by atoms with van der Waals surface area (Å²) in [5, 5.41) is 0.505. The third-order valence-corrected chi connectivity index (χ3v) is 2.86. The molecule has 0 aliphatic heterocycles. The zero-order chi connectivity index (χ0) is 8.48. The Balaban J connectivity index is 0.00000121. The average Bonchev–Trinajstić information content (AvgIpc) is 1.86. The van der Waals surface area contributed by atoms with Gasteiger partial charge in [-0.25, -0.2) is 8.42 Å². The van der Waals surface area contributed by atoms with Crippen molar-refractivity contribution >= 4 is 61.7 Å². The minimum absolute atomic E-state index is 0. The Morgan fingerprint density at radius 1 is 1.17 bits per heavy atom. The van der Waals surface area contributed by atoms with Gasteiger partial charge in [0.05, 0.1) is 4.90 Å². The molecule has 1 aromatic carbocycles. The molecular formula is C6H6ClNaO2S2. The molecule has 0 saturated heterocycles. The summed E-state index contributed by atoms with van der Waals surface area (Å²) in [4.78, 5) is 0.158. The molecule has 0 spiro atoms. The van der Waals surface area contributed by atoms with Gasteiger partial charge in [-0.2, -0.15) is 0 Å². The molecule has 0 aromatic heterocycles. The van der Waals surface area contributed by atoms with Crippen LogP contribution in [-0.4, -0.2) is 38.0 Å². The molecule has 0 unspecified atom stereocenters. The van der Waals surface area contributed by atoms with Crippen LogP contribution in [-0.2, 0) is 8.87 Å². The molecule has 6 heteroatoms. The van der Waals surface area contributed by atoms with Crippen LogP contribution in [0, 0.1) is 0 Å². The van der Waals surface area contributed by atoms with Crippen LogP contribution in [0.15, 0.2) is 29.2 Å². The van der Waals surface area contributed by atoms with Gasteiger partial charge in [0.2, 0.25) is 8.87 Å². The van der Waals surface area contributed by atoms with E-state index in [1.165, 1.54) is 24.3 Å². The SMILES string of the molecule is O=S(=O)(S)c1ccc(Cl)cc1.[NaH]. The van der Waals surface area contributed by atoms with Crippen molar-refractivity contribution in [1.82, 2.24) is 0 Å². The summed E-state index contributed by atoms with van der Waals surface area (Å²) >= 11 is 8.95. The van der Waals surface area contributed by atoms with Gasteiger partial charge in [0.15, 0.2) is 0 Å².